The average molecular weight is 258 g/mol. The number of allylic oxidation sites excluding steroid dienone is 1. The molecule has 0 aromatic carbocycles. The van der Waals surface area contributed by atoms with Crippen LogP contribution in [-0.2, 0) is 9.53 Å². The predicted molar refractivity (Wildman–Crippen MR) is 63.3 cm³/mol. The van der Waals surface area contributed by atoms with E-state index in [0.29, 0.717) is 5.70 Å². The standard InChI is InChI=1S/C11H18N2O5/c1-13(5-9(15)16)8-4-11(17,6-14)3-7(12)10(8)18-2/h12,14,17H,3-6H2,1-2H3,(H,15,16). The maximum Gasteiger partial charge on any atom is 0.323 e. The molecule has 0 amide bonds. The highest BCUT2D eigenvalue weighted by Gasteiger charge is 2.38. The third kappa shape index (κ3) is 2.99. The Kier molecular flexibility index (Phi) is 4.31. The van der Waals surface area contributed by atoms with Crippen LogP contribution in [0.5, 0.6) is 0 Å². The Morgan fingerprint density at radius 3 is 2.61 bits per heavy atom. The van der Waals surface area contributed by atoms with Gasteiger partial charge in [-0.05, 0) is 0 Å². The molecule has 0 saturated carbocycles. The molecule has 0 spiro atoms. The van der Waals surface area contributed by atoms with Crippen LogP contribution in [0.25, 0.3) is 0 Å². The van der Waals surface area contributed by atoms with Crippen molar-refractivity contribution in [3.05, 3.63) is 11.5 Å². The van der Waals surface area contributed by atoms with Gasteiger partial charge < -0.3 is 30.4 Å². The molecule has 18 heavy (non-hydrogen) atoms. The maximum absolute atomic E-state index is 10.7. The maximum atomic E-state index is 10.7. The number of aliphatic carboxylic acids is 1. The van der Waals surface area contributed by atoms with E-state index in [1.165, 1.54) is 12.0 Å². The number of aliphatic hydroxyl groups excluding tert-OH is 1. The van der Waals surface area contributed by atoms with Gasteiger partial charge in [-0.25, -0.2) is 0 Å². The van der Waals surface area contributed by atoms with E-state index in [1.54, 1.807) is 7.05 Å². The van der Waals surface area contributed by atoms with E-state index in [-0.39, 0.29) is 30.9 Å². The highest BCUT2D eigenvalue weighted by atomic mass is 16.5. The summed E-state index contributed by atoms with van der Waals surface area (Å²) in [5.41, 5.74) is -0.971. The van der Waals surface area contributed by atoms with Crippen molar-refractivity contribution in [2.24, 2.45) is 0 Å². The van der Waals surface area contributed by atoms with Gasteiger partial charge in [0.05, 0.1) is 30.7 Å². The van der Waals surface area contributed by atoms with Crippen molar-refractivity contribution in [2.45, 2.75) is 18.4 Å². The lowest BCUT2D eigenvalue weighted by atomic mass is 9.85. The molecule has 0 radical (unpaired) electrons. The van der Waals surface area contributed by atoms with Crippen LogP contribution in [0.2, 0.25) is 0 Å². The summed E-state index contributed by atoms with van der Waals surface area (Å²) in [5.74, 6) is -0.762. The zero-order valence-corrected chi connectivity index (χ0v) is 10.4. The quantitative estimate of drug-likeness (QED) is 0.523. The summed E-state index contributed by atoms with van der Waals surface area (Å²) in [4.78, 5) is 12.1. The number of carboxylic acids is 1. The van der Waals surface area contributed by atoms with Gasteiger partial charge in [0.15, 0.2) is 5.76 Å². The smallest absolute Gasteiger partial charge is 0.323 e. The molecule has 0 aromatic rings. The van der Waals surface area contributed by atoms with Crippen molar-refractivity contribution in [1.82, 2.24) is 4.90 Å². The SMILES string of the molecule is COC1=C(N(C)CC(=O)O)CC(O)(CO)CC1=N. The molecule has 1 aliphatic rings. The molecule has 0 aromatic heterocycles. The van der Waals surface area contributed by atoms with Gasteiger partial charge in [-0.2, -0.15) is 0 Å². The molecular formula is C11H18N2O5. The highest BCUT2D eigenvalue weighted by molar-refractivity contribution is 5.98. The molecule has 1 atom stereocenters. The van der Waals surface area contributed by atoms with Gasteiger partial charge >= 0.3 is 5.97 Å². The predicted octanol–water partition coefficient (Wildman–Crippen LogP) is -0.602. The Balaban J connectivity index is 3.07. The van der Waals surface area contributed by atoms with Crippen LogP contribution >= 0.6 is 0 Å². The van der Waals surface area contributed by atoms with E-state index in [1.807, 2.05) is 0 Å². The Hall–Kier alpha value is -1.60. The molecule has 0 fully saturated rings. The Morgan fingerprint density at radius 1 is 1.56 bits per heavy atom. The second-order valence-electron chi connectivity index (χ2n) is 4.44. The van der Waals surface area contributed by atoms with E-state index in [9.17, 15) is 9.90 Å². The van der Waals surface area contributed by atoms with E-state index in [4.69, 9.17) is 20.4 Å². The number of nitrogens with zero attached hydrogens (tertiary/aromatic N) is 1. The van der Waals surface area contributed by atoms with Crippen LogP contribution in [0.4, 0.5) is 0 Å². The molecule has 7 heteroatoms. The number of likely N-dealkylation sites (N-methyl/N-ethyl adjacent to an activating group) is 1. The van der Waals surface area contributed by atoms with Crippen LogP contribution < -0.4 is 0 Å². The van der Waals surface area contributed by atoms with Gasteiger partial charge in [-0.1, -0.05) is 0 Å². The van der Waals surface area contributed by atoms with Crippen LogP contribution in [-0.4, -0.2) is 64.8 Å². The summed E-state index contributed by atoms with van der Waals surface area (Å²) in [5, 5.41) is 35.8. The fourth-order valence-corrected chi connectivity index (χ4v) is 2.00. The molecule has 1 rings (SSSR count). The first-order chi connectivity index (χ1) is 8.33. The van der Waals surface area contributed by atoms with E-state index in [0.717, 1.165) is 0 Å². The highest BCUT2D eigenvalue weighted by Crippen LogP contribution is 2.32. The average Bonchev–Trinajstić information content (AvgIpc) is 2.27. The first-order valence-corrected chi connectivity index (χ1v) is 5.44. The van der Waals surface area contributed by atoms with Gasteiger partial charge in [0.25, 0.3) is 0 Å². The third-order valence-corrected chi connectivity index (χ3v) is 2.87. The molecule has 7 nitrogen and oxygen atoms in total. The lowest BCUT2D eigenvalue weighted by Gasteiger charge is -2.36. The fourth-order valence-electron chi connectivity index (χ4n) is 2.00. The molecular weight excluding hydrogens is 240 g/mol. The normalized spacial score (nSPS) is 24.1. The minimum absolute atomic E-state index is 0.0168. The molecule has 102 valence electrons. The number of nitrogens with one attached hydrogen (secondary N) is 1. The van der Waals surface area contributed by atoms with Crippen molar-refractivity contribution < 1.29 is 24.9 Å². The number of methoxy groups -OCH3 is 1. The van der Waals surface area contributed by atoms with Crippen LogP contribution in [0.3, 0.4) is 0 Å². The zero-order chi connectivity index (χ0) is 13.9. The number of aliphatic hydroxyl groups is 2. The lowest BCUT2D eigenvalue weighted by Crippen LogP contribution is -2.44. The summed E-state index contributed by atoms with van der Waals surface area (Å²) >= 11 is 0. The van der Waals surface area contributed by atoms with Crippen molar-refractivity contribution in [2.75, 3.05) is 27.3 Å². The fraction of sp³-hybridized carbons (Fsp3) is 0.636. The third-order valence-electron chi connectivity index (χ3n) is 2.87. The number of carboxylic acid groups (broad SMARTS) is 1. The van der Waals surface area contributed by atoms with Crippen molar-refractivity contribution >= 4 is 11.7 Å². The largest absolute Gasteiger partial charge is 0.493 e. The first kappa shape index (κ1) is 14.5. The minimum atomic E-state index is -1.43. The molecule has 0 heterocycles. The van der Waals surface area contributed by atoms with E-state index < -0.39 is 18.2 Å². The van der Waals surface area contributed by atoms with E-state index >= 15 is 0 Å². The molecule has 0 saturated heterocycles. The number of rotatable bonds is 5. The number of ether oxygens (including phenoxy) is 1. The van der Waals surface area contributed by atoms with Gasteiger partial charge in [-0.3, -0.25) is 4.79 Å². The Labute approximate surface area is 105 Å². The summed E-state index contributed by atoms with van der Waals surface area (Å²) < 4.78 is 5.08. The molecule has 0 aliphatic heterocycles. The number of hydrogen-bond donors (Lipinski definition) is 4. The number of carbonyl (C=O) groups is 1. The second kappa shape index (κ2) is 5.36. The zero-order valence-electron chi connectivity index (χ0n) is 10.4. The van der Waals surface area contributed by atoms with Crippen molar-refractivity contribution in [3.8, 4) is 0 Å². The van der Waals surface area contributed by atoms with Gasteiger partial charge in [0, 0.05) is 19.9 Å². The van der Waals surface area contributed by atoms with Crippen molar-refractivity contribution in [3.63, 3.8) is 0 Å². The lowest BCUT2D eigenvalue weighted by molar-refractivity contribution is -0.137. The molecule has 1 aliphatic carbocycles. The summed E-state index contributed by atoms with van der Waals surface area (Å²) in [6.07, 6.45) is 0.0376. The molecule has 4 N–H and O–H groups in total. The summed E-state index contributed by atoms with van der Waals surface area (Å²) in [6, 6.07) is 0. The molecule has 0 bridgehead atoms. The van der Waals surface area contributed by atoms with Gasteiger partial charge in [0.1, 0.15) is 6.54 Å². The molecule has 1 unspecified atom stereocenters. The van der Waals surface area contributed by atoms with Gasteiger partial charge in [-0.15, -0.1) is 0 Å². The van der Waals surface area contributed by atoms with E-state index in [2.05, 4.69) is 0 Å². The van der Waals surface area contributed by atoms with Gasteiger partial charge in [0.2, 0.25) is 0 Å². The Morgan fingerprint density at radius 2 is 2.17 bits per heavy atom. The van der Waals surface area contributed by atoms with Crippen LogP contribution in [0.15, 0.2) is 11.5 Å². The summed E-state index contributed by atoms with van der Waals surface area (Å²) in [7, 11) is 2.93. The number of hydrogen-bond acceptors (Lipinski definition) is 6. The monoisotopic (exact) mass is 258 g/mol. The van der Waals surface area contributed by atoms with Crippen molar-refractivity contribution in [1.29, 1.82) is 5.41 Å². The van der Waals surface area contributed by atoms with Crippen LogP contribution in [0, 0.1) is 5.41 Å². The second-order valence-corrected chi connectivity index (χ2v) is 4.44. The Bertz CT molecular complexity index is 393. The minimum Gasteiger partial charge on any atom is -0.493 e. The first-order valence-electron chi connectivity index (χ1n) is 5.44. The van der Waals surface area contributed by atoms with Crippen LogP contribution in [0.1, 0.15) is 12.8 Å². The topological polar surface area (TPSA) is 114 Å². The summed E-state index contributed by atoms with van der Waals surface area (Å²) in [6.45, 7) is -0.756.